The number of anilines is 2. The molecule has 0 fully saturated rings. The first-order chi connectivity index (χ1) is 16.8. The molecule has 0 bridgehead atoms. The number of halogens is 1. The van der Waals surface area contributed by atoms with E-state index in [2.05, 4.69) is 17.9 Å². The minimum atomic E-state index is -1.02. The van der Waals surface area contributed by atoms with Gasteiger partial charge in [0, 0.05) is 21.9 Å². The predicted molar refractivity (Wildman–Crippen MR) is 145 cm³/mol. The van der Waals surface area contributed by atoms with Crippen LogP contribution in [0.3, 0.4) is 0 Å². The van der Waals surface area contributed by atoms with Gasteiger partial charge in [0.2, 0.25) is 0 Å². The van der Waals surface area contributed by atoms with Gasteiger partial charge in [0.1, 0.15) is 0 Å². The van der Waals surface area contributed by atoms with Crippen LogP contribution in [0.1, 0.15) is 22.3 Å². The third kappa shape index (κ3) is 5.33. The molecule has 1 aliphatic heterocycles. The third-order valence-electron chi connectivity index (χ3n) is 5.90. The highest BCUT2D eigenvalue weighted by Gasteiger charge is 2.34. The van der Waals surface area contributed by atoms with Crippen LogP contribution in [0.5, 0.6) is 0 Å². The highest BCUT2D eigenvalue weighted by atomic mass is 35.5. The molecule has 0 aliphatic carbocycles. The number of aliphatic imine (C=N–C) groups is 1. The summed E-state index contributed by atoms with van der Waals surface area (Å²) < 4.78 is 0. The number of thiol groups is 1. The number of amides is 1. The molecule has 3 aromatic rings. The second-order valence-corrected chi connectivity index (χ2v) is 9.31. The molecule has 0 saturated carbocycles. The number of benzodiazepines with no additional fused rings is 1. The molecule has 1 heterocycles. The van der Waals surface area contributed by atoms with E-state index in [1.54, 1.807) is 11.0 Å². The smallest absolute Gasteiger partial charge is 0.271 e. The Labute approximate surface area is 215 Å². The summed E-state index contributed by atoms with van der Waals surface area (Å²) in [5, 5.41) is 3.56. The van der Waals surface area contributed by atoms with Gasteiger partial charge in [-0.3, -0.25) is 24.8 Å². The number of benzene rings is 3. The van der Waals surface area contributed by atoms with Gasteiger partial charge in [-0.1, -0.05) is 54.1 Å². The molecule has 180 valence electrons. The maximum absolute atomic E-state index is 14.1. The number of aryl methyl sites for hydroxylation is 2. The molecular formula is C27H27ClN4O2S. The van der Waals surface area contributed by atoms with Crippen molar-refractivity contribution in [2.45, 2.75) is 26.1 Å². The summed E-state index contributed by atoms with van der Waals surface area (Å²) in [5.74, 6) is -0.330. The summed E-state index contributed by atoms with van der Waals surface area (Å²) in [6.45, 7) is 3.83. The summed E-state index contributed by atoms with van der Waals surface area (Å²) in [4.78, 5) is 33.0. The summed E-state index contributed by atoms with van der Waals surface area (Å²) in [7, 11) is 0. The molecule has 0 radical (unpaired) electrons. The molecule has 2 unspecified atom stereocenters. The number of carbonyl (C=O) groups is 2. The molecule has 0 aromatic heterocycles. The average molecular weight is 507 g/mol. The maximum atomic E-state index is 14.1. The number of Topliss-reactive ketones (excluding diaryl/α,β-unsaturated/α-hetero) is 1. The average Bonchev–Trinajstić information content (AvgIpc) is 2.98. The van der Waals surface area contributed by atoms with Crippen LogP contribution in [0, 0.1) is 13.8 Å². The second kappa shape index (κ2) is 10.7. The number of nitrogens with one attached hydrogen (secondary N) is 1. The van der Waals surface area contributed by atoms with E-state index in [-0.39, 0.29) is 24.0 Å². The summed E-state index contributed by atoms with van der Waals surface area (Å²) in [5.41, 5.74) is 11.4. The Morgan fingerprint density at radius 3 is 2.57 bits per heavy atom. The van der Waals surface area contributed by atoms with E-state index in [9.17, 15) is 9.59 Å². The van der Waals surface area contributed by atoms with E-state index < -0.39 is 12.2 Å². The first kappa shape index (κ1) is 25.1. The van der Waals surface area contributed by atoms with Crippen LogP contribution >= 0.6 is 24.2 Å². The summed E-state index contributed by atoms with van der Waals surface area (Å²) in [6.07, 6.45) is -1.02. The van der Waals surface area contributed by atoms with Gasteiger partial charge in [-0.25, -0.2) is 0 Å². The number of carbonyl (C=O) groups excluding carboxylic acids is 2. The van der Waals surface area contributed by atoms with E-state index in [0.29, 0.717) is 16.4 Å². The maximum Gasteiger partial charge on any atom is 0.271 e. The lowest BCUT2D eigenvalue weighted by molar-refractivity contribution is -0.121. The van der Waals surface area contributed by atoms with Crippen LogP contribution in [0.25, 0.3) is 0 Å². The fourth-order valence-electron chi connectivity index (χ4n) is 3.99. The van der Waals surface area contributed by atoms with E-state index >= 15 is 0 Å². The Morgan fingerprint density at radius 2 is 1.86 bits per heavy atom. The molecule has 6 nitrogen and oxygen atoms in total. The highest BCUT2D eigenvalue weighted by Crippen LogP contribution is 2.37. The predicted octanol–water partition coefficient (Wildman–Crippen LogP) is 4.21. The zero-order valence-corrected chi connectivity index (χ0v) is 21.2. The number of fused-ring (bicyclic) bond motifs is 1. The van der Waals surface area contributed by atoms with E-state index in [1.807, 2.05) is 74.5 Å². The molecule has 3 N–H and O–H groups in total. The normalized spacial score (nSPS) is 16.4. The van der Waals surface area contributed by atoms with Crippen molar-refractivity contribution < 1.29 is 9.59 Å². The molecular weight excluding hydrogens is 480 g/mol. The number of nitrogens with two attached hydrogens (primary N) is 1. The van der Waals surface area contributed by atoms with Crippen LogP contribution in [-0.2, 0) is 9.59 Å². The van der Waals surface area contributed by atoms with Crippen molar-refractivity contribution in [2.75, 3.05) is 17.2 Å². The number of hydrogen-bond donors (Lipinski definition) is 3. The summed E-state index contributed by atoms with van der Waals surface area (Å²) in [6, 6.07) is 20.2. The Morgan fingerprint density at radius 1 is 1.11 bits per heavy atom. The van der Waals surface area contributed by atoms with Crippen LogP contribution in [0.15, 0.2) is 71.7 Å². The fraction of sp³-hybridized carbons (Fsp3) is 0.222. The quantitative estimate of drug-likeness (QED) is 0.419. The van der Waals surface area contributed by atoms with Gasteiger partial charge in [-0.15, -0.1) is 0 Å². The SMILES string of the molecule is Cc1ccc(C)c(N2C(=O)C(NCC(=O)C(N)CS)N=C(c3ccccc3)c3cc(Cl)ccc32)c1. The van der Waals surface area contributed by atoms with Gasteiger partial charge in [0.05, 0.1) is 29.7 Å². The van der Waals surface area contributed by atoms with E-state index in [1.165, 1.54) is 0 Å². The molecule has 8 heteroatoms. The van der Waals surface area contributed by atoms with Crippen LogP contribution in [0.2, 0.25) is 5.02 Å². The number of ketones is 1. The first-order valence-electron chi connectivity index (χ1n) is 11.3. The van der Waals surface area contributed by atoms with E-state index in [0.717, 1.165) is 27.9 Å². The van der Waals surface area contributed by atoms with Gasteiger partial charge in [-0.2, -0.15) is 12.6 Å². The lowest BCUT2D eigenvalue weighted by Gasteiger charge is -2.27. The van der Waals surface area contributed by atoms with Crippen molar-refractivity contribution in [3.8, 4) is 0 Å². The molecule has 3 aromatic carbocycles. The number of rotatable bonds is 7. The Balaban J connectivity index is 1.91. The Kier molecular flexibility index (Phi) is 7.72. The molecule has 35 heavy (non-hydrogen) atoms. The van der Waals surface area contributed by atoms with Gasteiger partial charge >= 0.3 is 0 Å². The number of hydrogen-bond acceptors (Lipinski definition) is 6. The van der Waals surface area contributed by atoms with Crippen LogP contribution in [0.4, 0.5) is 11.4 Å². The minimum absolute atomic E-state index is 0.110. The van der Waals surface area contributed by atoms with Gasteiger partial charge in [0.25, 0.3) is 5.91 Å². The van der Waals surface area contributed by atoms with Gasteiger partial charge in [-0.05, 0) is 49.2 Å². The van der Waals surface area contributed by atoms with Crippen molar-refractivity contribution in [3.05, 3.63) is 94.0 Å². The topological polar surface area (TPSA) is 87.8 Å². The molecule has 1 amide bonds. The molecule has 4 rings (SSSR count). The minimum Gasteiger partial charge on any atom is -0.321 e. The monoisotopic (exact) mass is 506 g/mol. The largest absolute Gasteiger partial charge is 0.321 e. The van der Waals surface area contributed by atoms with Crippen molar-refractivity contribution in [1.82, 2.24) is 5.32 Å². The molecule has 0 saturated heterocycles. The molecule has 2 atom stereocenters. The first-order valence-corrected chi connectivity index (χ1v) is 12.3. The van der Waals surface area contributed by atoms with Crippen molar-refractivity contribution in [2.24, 2.45) is 10.7 Å². The highest BCUT2D eigenvalue weighted by molar-refractivity contribution is 7.80. The fourth-order valence-corrected chi connectivity index (χ4v) is 4.36. The summed E-state index contributed by atoms with van der Waals surface area (Å²) >= 11 is 10.5. The van der Waals surface area contributed by atoms with Crippen LogP contribution < -0.4 is 16.0 Å². The lowest BCUT2D eigenvalue weighted by atomic mass is 9.99. The van der Waals surface area contributed by atoms with Gasteiger partial charge in [0.15, 0.2) is 11.9 Å². The zero-order chi connectivity index (χ0) is 25.1. The lowest BCUT2D eigenvalue weighted by Crippen LogP contribution is -2.48. The van der Waals surface area contributed by atoms with Crippen molar-refractivity contribution >= 4 is 53.0 Å². The number of nitrogens with zero attached hydrogens (tertiary/aromatic N) is 2. The van der Waals surface area contributed by atoms with Crippen molar-refractivity contribution in [1.29, 1.82) is 0 Å². The standard InChI is InChI=1S/C27H27ClN4O2S/c1-16-8-9-17(2)23(12-16)32-22-11-10-19(28)13-20(22)25(18-6-4-3-5-7-18)31-26(27(32)34)30-14-24(33)21(29)15-35/h3-13,21,26,30,35H,14-15,29H2,1-2H3. The molecule has 0 spiro atoms. The zero-order valence-electron chi connectivity index (χ0n) is 19.5. The second-order valence-electron chi connectivity index (χ2n) is 8.51. The molecule has 1 aliphatic rings. The van der Waals surface area contributed by atoms with Crippen molar-refractivity contribution in [3.63, 3.8) is 0 Å². The van der Waals surface area contributed by atoms with E-state index in [4.69, 9.17) is 22.3 Å². The Bertz CT molecular complexity index is 1300. The van der Waals surface area contributed by atoms with Crippen LogP contribution in [-0.4, -0.2) is 41.9 Å². The van der Waals surface area contributed by atoms with Gasteiger partial charge < -0.3 is 5.73 Å². The third-order valence-corrected chi connectivity index (χ3v) is 6.53. The Hall–Kier alpha value is -2.97.